The number of epoxide rings is 4. The van der Waals surface area contributed by atoms with E-state index in [4.69, 9.17) is 28.4 Å². The number of fused-ring (bicyclic) bond motifs is 2. The van der Waals surface area contributed by atoms with Crippen LogP contribution in [-0.2, 0) is 28.4 Å². The topological polar surface area (TPSA) is 68.6 Å². The number of rotatable bonds is 13. The smallest absolute Gasteiger partial charge is 0.181 e. The molecule has 4 saturated heterocycles. The molecule has 0 radical (unpaired) electrons. The van der Waals surface area contributed by atoms with Crippen molar-refractivity contribution < 1.29 is 28.4 Å². The van der Waals surface area contributed by atoms with Crippen LogP contribution in [0, 0.1) is 17.8 Å². The Hall–Kier alpha value is -0.240. The lowest BCUT2D eigenvalue weighted by atomic mass is 9.76. The molecule has 6 heteroatoms. The maximum atomic E-state index is 5.69. The molecule has 0 amide bonds. The van der Waals surface area contributed by atoms with Crippen LogP contribution in [0.25, 0.3) is 0 Å². The highest BCUT2D eigenvalue weighted by Gasteiger charge is 2.55. The third-order valence-electron chi connectivity index (χ3n) is 9.27. The predicted octanol–water partition coefficient (Wildman–Crippen LogP) is 8.98. The van der Waals surface area contributed by atoms with E-state index in [-0.39, 0.29) is 21.1 Å². The second-order valence-electron chi connectivity index (χ2n) is 12.9. The first kappa shape index (κ1) is 38.8. The van der Waals surface area contributed by atoms with Crippen molar-refractivity contribution in [2.24, 2.45) is 17.8 Å². The zero-order valence-electron chi connectivity index (χ0n) is 26.3. The van der Waals surface area contributed by atoms with Crippen LogP contribution >= 0.6 is 0 Å². The Labute approximate surface area is 255 Å². The number of ether oxygens (including phenoxy) is 6. The van der Waals surface area contributed by atoms with Crippen LogP contribution in [0.5, 0.6) is 0 Å². The van der Waals surface area contributed by atoms with E-state index in [1.54, 1.807) is 0 Å². The van der Waals surface area contributed by atoms with Gasteiger partial charge in [0, 0.05) is 13.2 Å². The Morgan fingerprint density at radius 1 is 0.854 bits per heavy atom. The molecule has 6 rings (SSSR count). The second kappa shape index (κ2) is 20.7. The fraction of sp³-hybridized carbons (Fsp3) is 1.00. The first-order valence-corrected chi connectivity index (χ1v) is 16.7. The van der Waals surface area contributed by atoms with Crippen LogP contribution in [0.3, 0.4) is 0 Å². The van der Waals surface area contributed by atoms with Gasteiger partial charge >= 0.3 is 0 Å². The summed E-state index contributed by atoms with van der Waals surface area (Å²) in [5.74, 6) is 2.84. The van der Waals surface area contributed by atoms with E-state index < -0.39 is 0 Å². The van der Waals surface area contributed by atoms with Crippen molar-refractivity contribution in [1.29, 1.82) is 0 Å². The SMILES string of the molecule is C.C.CCC(C)C1CCC2(C)OC2C1.CCCC1CCC2OC2C1.CCCCOC1CO1.CCCCOCC1CO1. The third-order valence-corrected chi connectivity index (χ3v) is 9.27. The summed E-state index contributed by atoms with van der Waals surface area (Å²) < 4.78 is 31.4. The van der Waals surface area contributed by atoms with Crippen LogP contribution < -0.4 is 0 Å². The van der Waals surface area contributed by atoms with Crippen molar-refractivity contribution in [3.63, 3.8) is 0 Å². The van der Waals surface area contributed by atoms with E-state index in [0.717, 1.165) is 57.2 Å². The van der Waals surface area contributed by atoms with Crippen LogP contribution in [-0.4, -0.2) is 69.3 Å². The van der Waals surface area contributed by atoms with Crippen molar-refractivity contribution in [1.82, 2.24) is 0 Å². The van der Waals surface area contributed by atoms with E-state index in [2.05, 4.69) is 41.5 Å². The van der Waals surface area contributed by atoms with Crippen molar-refractivity contribution in [3.8, 4) is 0 Å². The molecule has 2 saturated carbocycles. The van der Waals surface area contributed by atoms with Crippen molar-refractivity contribution in [2.75, 3.05) is 33.0 Å². The summed E-state index contributed by atoms with van der Waals surface area (Å²) >= 11 is 0. The van der Waals surface area contributed by atoms with Gasteiger partial charge in [0.15, 0.2) is 6.29 Å². The van der Waals surface area contributed by atoms with Gasteiger partial charge in [0.2, 0.25) is 0 Å². The molecule has 0 N–H and O–H groups in total. The van der Waals surface area contributed by atoms with E-state index in [1.807, 2.05) is 0 Å². The summed E-state index contributed by atoms with van der Waals surface area (Å²) in [5, 5.41) is 0. The van der Waals surface area contributed by atoms with E-state index in [9.17, 15) is 0 Å². The average molecular weight is 587 g/mol. The van der Waals surface area contributed by atoms with Gasteiger partial charge in [-0.2, -0.15) is 0 Å². The zero-order chi connectivity index (χ0) is 28.1. The molecule has 41 heavy (non-hydrogen) atoms. The first-order valence-electron chi connectivity index (χ1n) is 16.7. The Bertz CT molecular complexity index is 638. The molecule has 0 aromatic heterocycles. The fourth-order valence-electron chi connectivity index (χ4n) is 5.80. The lowest BCUT2D eigenvalue weighted by Gasteiger charge is -2.26. The molecule has 6 fully saturated rings. The van der Waals surface area contributed by atoms with Crippen LogP contribution in [0.2, 0.25) is 0 Å². The standard InChI is InChI=1S/C11H20O.C9H16O.C7H14O2.C6H12O2.2CH4/c1-4-8(2)9-5-6-11(3)10(7-9)12-11;1-2-3-7-4-5-8-9(6-7)10-8;1-2-3-4-8-5-7-6-9-7;1-2-3-4-7-6-5-8-6;;/h8-10H,4-7H2,1-3H3;7-9H,2-6H2,1H3;7H,2-6H2,1H3;6H,2-5H2,1H3;2*1H4. The molecule has 9 atom stereocenters. The maximum absolute atomic E-state index is 5.69. The van der Waals surface area contributed by atoms with Crippen LogP contribution in [0.15, 0.2) is 0 Å². The first-order chi connectivity index (χ1) is 18.9. The summed E-state index contributed by atoms with van der Waals surface area (Å²) in [7, 11) is 0. The molecule has 6 nitrogen and oxygen atoms in total. The van der Waals surface area contributed by atoms with Gasteiger partial charge in [0.25, 0.3) is 0 Å². The van der Waals surface area contributed by atoms with Crippen molar-refractivity contribution in [2.45, 2.75) is 176 Å². The number of unbranched alkanes of at least 4 members (excludes halogenated alkanes) is 2. The third kappa shape index (κ3) is 15.9. The zero-order valence-corrected chi connectivity index (χ0v) is 26.3. The summed E-state index contributed by atoms with van der Waals surface area (Å²) in [4.78, 5) is 0. The normalized spacial score (nSPS) is 35.4. The molecule has 2 aliphatic carbocycles. The average Bonchev–Trinajstić information content (AvgIpc) is 3.75. The fourth-order valence-corrected chi connectivity index (χ4v) is 5.80. The largest absolute Gasteiger partial charge is 0.379 e. The van der Waals surface area contributed by atoms with Gasteiger partial charge in [-0.1, -0.05) is 81.6 Å². The van der Waals surface area contributed by atoms with Crippen molar-refractivity contribution in [3.05, 3.63) is 0 Å². The maximum Gasteiger partial charge on any atom is 0.181 e. The number of hydrogen-bond acceptors (Lipinski definition) is 6. The summed E-state index contributed by atoms with van der Waals surface area (Å²) in [6.07, 6.45) is 19.6. The molecule has 0 bridgehead atoms. The Kier molecular flexibility index (Phi) is 19.6. The Balaban J connectivity index is 0.000000272. The van der Waals surface area contributed by atoms with Crippen LogP contribution in [0.4, 0.5) is 0 Å². The van der Waals surface area contributed by atoms with Gasteiger partial charge in [-0.3, -0.25) is 0 Å². The molecule has 246 valence electrons. The van der Waals surface area contributed by atoms with Gasteiger partial charge < -0.3 is 28.4 Å². The van der Waals surface area contributed by atoms with E-state index >= 15 is 0 Å². The summed E-state index contributed by atoms with van der Waals surface area (Å²) in [6.45, 7) is 17.8. The molecule has 0 aromatic rings. The van der Waals surface area contributed by atoms with Crippen LogP contribution in [0.1, 0.15) is 140 Å². The highest BCUT2D eigenvalue weighted by molar-refractivity contribution is 5.03. The van der Waals surface area contributed by atoms with E-state index in [1.165, 1.54) is 77.0 Å². The van der Waals surface area contributed by atoms with Gasteiger partial charge in [-0.05, 0) is 76.0 Å². The lowest BCUT2D eigenvalue weighted by Crippen LogP contribution is -2.24. The van der Waals surface area contributed by atoms with E-state index in [0.29, 0.717) is 30.0 Å². The highest BCUT2D eigenvalue weighted by atomic mass is 16.8. The lowest BCUT2D eigenvalue weighted by molar-refractivity contribution is 0.0486. The second-order valence-corrected chi connectivity index (χ2v) is 12.9. The highest BCUT2D eigenvalue weighted by Crippen LogP contribution is 2.51. The molecule has 9 unspecified atom stereocenters. The molecule has 4 heterocycles. The summed E-state index contributed by atoms with van der Waals surface area (Å²) in [6, 6.07) is 0. The molecule has 0 aromatic carbocycles. The van der Waals surface area contributed by atoms with Gasteiger partial charge in [0.05, 0.1) is 37.1 Å². The van der Waals surface area contributed by atoms with Gasteiger partial charge in [-0.25, -0.2) is 0 Å². The quantitative estimate of drug-likeness (QED) is 0.158. The molecular weight excluding hydrogens is 516 g/mol. The van der Waals surface area contributed by atoms with Gasteiger partial charge in [0.1, 0.15) is 12.7 Å². The Morgan fingerprint density at radius 2 is 1.56 bits per heavy atom. The predicted molar refractivity (Wildman–Crippen MR) is 171 cm³/mol. The monoisotopic (exact) mass is 587 g/mol. The molecular formula is C35H70O6. The Morgan fingerprint density at radius 3 is 2.12 bits per heavy atom. The minimum Gasteiger partial charge on any atom is -0.379 e. The molecule has 0 spiro atoms. The van der Waals surface area contributed by atoms with Gasteiger partial charge in [-0.15, -0.1) is 0 Å². The minimum absolute atomic E-state index is 0. The number of hydrogen-bond donors (Lipinski definition) is 0. The summed E-state index contributed by atoms with van der Waals surface area (Å²) in [5.41, 5.74) is 0.309. The minimum atomic E-state index is 0. The molecule has 4 aliphatic heterocycles. The molecule has 6 aliphatic rings. The van der Waals surface area contributed by atoms with Crippen molar-refractivity contribution >= 4 is 0 Å².